The first-order chi connectivity index (χ1) is 10.3. The fraction of sp³-hybridized carbons (Fsp3) is 0.429. The average Bonchev–Trinajstić information content (AvgIpc) is 2.88. The Labute approximate surface area is 126 Å². The molecule has 7 heteroatoms. The van der Waals surface area contributed by atoms with Crippen molar-refractivity contribution in [1.29, 1.82) is 0 Å². The van der Waals surface area contributed by atoms with Crippen LogP contribution in [0.4, 0.5) is 4.39 Å². The lowest BCUT2D eigenvalue weighted by molar-refractivity contribution is 0.0315. The summed E-state index contributed by atoms with van der Waals surface area (Å²) in [5.74, 6) is 6.74. The highest BCUT2D eigenvalue weighted by atomic mass is 32.2. The van der Waals surface area contributed by atoms with Crippen molar-refractivity contribution in [3.8, 4) is 11.4 Å². The Kier molecular flexibility index (Phi) is 4.40. The van der Waals surface area contributed by atoms with Crippen LogP contribution in [0.5, 0.6) is 0 Å². The van der Waals surface area contributed by atoms with Crippen molar-refractivity contribution in [2.45, 2.75) is 30.5 Å². The highest BCUT2D eigenvalue weighted by Gasteiger charge is 2.18. The smallest absolute Gasteiger partial charge is 0.210 e. The molecule has 0 amide bonds. The zero-order valence-corrected chi connectivity index (χ0v) is 12.4. The zero-order chi connectivity index (χ0) is 14.7. The molecule has 0 saturated carbocycles. The summed E-state index contributed by atoms with van der Waals surface area (Å²) >= 11 is 1.49. The molecule has 1 fully saturated rings. The van der Waals surface area contributed by atoms with Gasteiger partial charge < -0.3 is 10.6 Å². The van der Waals surface area contributed by atoms with Crippen LogP contribution in [0.25, 0.3) is 11.4 Å². The Balaban J connectivity index is 1.72. The summed E-state index contributed by atoms with van der Waals surface area (Å²) in [5.41, 5.74) is 0.355. The highest BCUT2D eigenvalue weighted by Crippen LogP contribution is 2.25. The third-order valence-electron chi connectivity index (χ3n) is 3.45. The van der Waals surface area contributed by atoms with Crippen molar-refractivity contribution in [2.24, 2.45) is 0 Å². The molecule has 2 heterocycles. The van der Waals surface area contributed by atoms with E-state index in [0.29, 0.717) is 16.5 Å². The van der Waals surface area contributed by atoms with Crippen molar-refractivity contribution in [3.05, 3.63) is 30.1 Å². The monoisotopic (exact) mass is 308 g/mol. The van der Waals surface area contributed by atoms with E-state index in [9.17, 15) is 4.39 Å². The molecule has 0 radical (unpaired) electrons. The van der Waals surface area contributed by atoms with Crippen LogP contribution in [0.3, 0.4) is 0 Å². The van der Waals surface area contributed by atoms with Gasteiger partial charge in [0, 0.05) is 12.4 Å². The molecule has 2 aromatic rings. The van der Waals surface area contributed by atoms with Gasteiger partial charge in [-0.3, -0.25) is 0 Å². The first kappa shape index (κ1) is 14.3. The number of hydrogen-bond acceptors (Lipinski definition) is 5. The van der Waals surface area contributed by atoms with E-state index >= 15 is 0 Å². The molecule has 0 spiro atoms. The number of nitrogens with two attached hydrogens (primary N) is 1. The van der Waals surface area contributed by atoms with Crippen LogP contribution in [0.1, 0.15) is 19.3 Å². The lowest BCUT2D eigenvalue weighted by Gasteiger charge is -2.21. The summed E-state index contributed by atoms with van der Waals surface area (Å²) in [7, 11) is 0. The maximum atomic E-state index is 13.8. The average molecular weight is 308 g/mol. The molecule has 0 bridgehead atoms. The predicted molar refractivity (Wildman–Crippen MR) is 79.9 cm³/mol. The molecular formula is C14H17FN4OS. The van der Waals surface area contributed by atoms with E-state index in [1.165, 1.54) is 28.9 Å². The fourth-order valence-corrected chi connectivity index (χ4v) is 3.23. The summed E-state index contributed by atoms with van der Waals surface area (Å²) in [6, 6.07) is 6.40. The standard InChI is InChI=1S/C14H17FN4OS/c15-12-7-2-1-6-11(12)13-17-18-14(19(13)16)21-9-10-5-3-4-8-20-10/h1-2,6-7,10H,3-5,8-9,16H2/t10-/m1/s1. The summed E-state index contributed by atoms with van der Waals surface area (Å²) in [6.45, 7) is 0.820. The van der Waals surface area contributed by atoms with Crippen molar-refractivity contribution in [3.63, 3.8) is 0 Å². The van der Waals surface area contributed by atoms with E-state index in [4.69, 9.17) is 10.6 Å². The molecule has 1 atom stereocenters. The van der Waals surface area contributed by atoms with Gasteiger partial charge in [0.1, 0.15) is 5.82 Å². The number of nitrogen functional groups attached to an aromatic ring is 1. The summed E-state index contributed by atoms with van der Waals surface area (Å²) < 4.78 is 20.8. The number of thioether (sulfide) groups is 1. The number of rotatable bonds is 4. The van der Waals surface area contributed by atoms with E-state index in [0.717, 1.165) is 25.2 Å². The second-order valence-corrected chi connectivity index (χ2v) is 5.94. The Morgan fingerprint density at radius 1 is 1.33 bits per heavy atom. The molecule has 21 heavy (non-hydrogen) atoms. The largest absolute Gasteiger partial charge is 0.377 e. The van der Waals surface area contributed by atoms with E-state index < -0.39 is 0 Å². The lowest BCUT2D eigenvalue weighted by Crippen LogP contribution is -2.22. The topological polar surface area (TPSA) is 66.0 Å². The van der Waals surface area contributed by atoms with Gasteiger partial charge in [0.15, 0.2) is 5.82 Å². The number of benzene rings is 1. The highest BCUT2D eigenvalue weighted by molar-refractivity contribution is 7.99. The number of aromatic nitrogens is 3. The lowest BCUT2D eigenvalue weighted by atomic mass is 10.1. The van der Waals surface area contributed by atoms with Crippen molar-refractivity contribution >= 4 is 11.8 Å². The SMILES string of the molecule is Nn1c(SC[C@H]2CCCCO2)nnc1-c1ccccc1F. The normalized spacial score (nSPS) is 18.8. The van der Waals surface area contributed by atoms with Crippen LogP contribution < -0.4 is 5.84 Å². The summed E-state index contributed by atoms with van der Waals surface area (Å²) in [5, 5.41) is 8.61. The first-order valence-electron chi connectivity index (χ1n) is 6.95. The molecule has 1 aromatic heterocycles. The molecule has 0 aliphatic carbocycles. The Bertz CT molecular complexity index is 613. The Hall–Kier alpha value is -1.60. The van der Waals surface area contributed by atoms with Crippen molar-refractivity contribution in [1.82, 2.24) is 14.9 Å². The minimum absolute atomic E-state index is 0.234. The van der Waals surface area contributed by atoms with Crippen molar-refractivity contribution in [2.75, 3.05) is 18.2 Å². The van der Waals surface area contributed by atoms with Gasteiger partial charge >= 0.3 is 0 Å². The maximum absolute atomic E-state index is 13.8. The summed E-state index contributed by atoms with van der Waals surface area (Å²) in [4.78, 5) is 0. The van der Waals surface area contributed by atoms with Gasteiger partial charge in [-0.05, 0) is 31.4 Å². The van der Waals surface area contributed by atoms with E-state index in [1.54, 1.807) is 18.2 Å². The molecule has 2 N–H and O–H groups in total. The molecular weight excluding hydrogens is 291 g/mol. The second kappa shape index (κ2) is 6.44. The van der Waals surface area contributed by atoms with Crippen LogP contribution in [0.2, 0.25) is 0 Å². The summed E-state index contributed by atoms with van der Waals surface area (Å²) in [6.07, 6.45) is 3.62. The van der Waals surface area contributed by atoms with Gasteiger partial charge in [0.2, 0.25) is 5.16 Å². The van der Waals surface area contributed by atoms with Crippen LogP contribution in [0.15, 0.2) is 29.4 Å². The third-order valence-corrected chi connectivity index (χ3v) is 4.53. The molecule has 0 unspecified atom stereocenters. The van der Waals surface area contributed by atoms with Gasteiger partial charge in [-0.25, -0.2) is 9.07 Å². The molecule has 1 aliphatic heterocycles. The molecule has 3 rings (SSSR count). The molecule has 1 saturated heterocycles. The second-order valence-electron chi connectivity index (χ2n) is 4.96. The third kappa shape index (κ3) is 3.19. The molecule has 1 aliphatic rings. The minimum Gasteiger partial charge on any atom is -0.377 e. The molecule has 112 valence electrons. The van der Waals surface area contributed by atoms with Gasteiger partial charge in [-0.2, -0.15) is 0 Å². The quantitative estimate of drug-likeness (QED) is 0.694. The van der Waals surface area contributed by atoms with E-state index in [-0.39, 0.29) is 11.9 Å². The van der Waals surface area contributed by atoms with Gasteiger partial charge in [-0.15, -0.1) is 10.2 Å². The Morgan fingerprint density at radius 2 is 2.19 bits per heavy atom. The molecule has 5 nitrogen and oxygen atoms in total. The number of halogens is 1. The molecule has 1 aromatic carbocycles. The fourth-order valence-electron chi connectivity index (χ4n) is 2.31. The van der Waals surface area contributed by atoms with Crippen molar-refractivity contribution < 1.29 is 9.13 Å². The number of nitrogens with zero attached hydrogens (tertiary/aromatic N) is 3. The Morgan fingerprint density at radius 3 is 2.95 bits per heavy atom. The maximum Gasteiger partial charge on any atom is 0.210 e. The zero-order valence-electron chi connectivity index (χ0n) is 11.5. The van der Waals surface area contributed by atoms with E-state index in [2.05, 4.69) is 10.2 Å². The van der Waals surface area contributed by atoms with Crippen LogP contribution in [0, 0.1) is 5.82 Å². The first-order valence-corrected chi connectivity index (χ1v) is 7.94. The van der Waals surface area contributed by atoms with Gasteiger partial charge in [-0.1, -0.05) is 23.9 Å². The van der Waals surface area contributed by atoms with Gasteiger partial charge in [0.05, 0.1) is 11.7 Å². The minimum atomic E-state index is -0.358. The predicted octanol–water partition coefficient (Wildman–Crippen LogP) is 2.46. The number of hydrogen-bond donors (Lipinski definition) is 1. The number of ether oxygens (including phenoxy) is 1. The van der Waals surface area contributed by atoms with Crippen LogP contribution >= 0.6 is 11.8 Å². The van der Waals surface area contributed by atoms with Gasteiger partial charge in [0.25, 0.3) is 0 Å². The van der Waals surface area contributed by atoms with Crippen LogP contribution in [-0.2, 0) is 4.74 Å². The van der Waals surface area contributed by atoms with E-state index in [1.807, 2.05) is 0 Å². The van der Waals surface area contributed by atoms with Crippen LogP contribution in [-0.4, -0.2) is 33.3 Å².